The first-order chi connectivity index (χ1) is 17.1. The number of aromatic nitrogens is 2. The summed E-state index contributed by atoms with van der Waals surface area (Å²) < 4.78 is 1.77. The second kappa shape index (κ2) is 10.9. The molecule has 180 valence electrons. The minimum Gasteiger partial charge on any atom is -0.303 e. The van der Waals surface area contributed by atoms with Gasteiger partial charge in [0.1, 0.15) is 0 Å². The van der Waals surface area contributed by atoms with E-state index in [1.807, 2.05) is 60.7 Å². The number of hydrogen-bond acceptors (Lipinski definition) is 3. The van der Waals surface area contributed by atoms with Gasteiger partial charge in [-0.3, -0.25) is 4.79 Å². The fraction of sp³-hybridized carbons (Fsp3) is 0.310. The molecular weight excluding hydrogens is 477 g/mol. The van der Waals surface area contributed by atoms with Gasteiger partial charge < -0.3 is 4.90 Å². The Balaban J connectivity index is 1.36. The minimum absolute atomic E-state index is 0.0140. The van der Waals surface area contributed by atoms with E-state index in [4.69, 9.17) is 28.3 Å². The molecule has 6 heteroatoms. The second-order valence-corrected chi connectivity index (χ2v) is 10.2. The van der Waals surface area contributed by atoms with Gasteiger partial charge in [0.05, 0.1) is 17.1 Å². The molecule has 1 aliphatic rings. The molecule has 0 N–H and O–H groups in total. The van der Waals surface area contributed by atoms with E-state index in [0.29, 0.717) is 6.42 Å². The molecule has 2 heterocycles. The number of hydrogen-bond donors (Lipinski definition) is 0. The average molecular weight is 506 g/mol. The Labute approximate surface area is 216 Å². The highest BCUT2D eigenvalue weighted by Gasteiger charge is 2.22. The lowest BCUT2D eigenvalue weighted by Crippen LogP contribution is -2.30. The summed E-state index contributed by atoms with van der Waals surface area (Å²) in [7, 11) is 0. The molecule has 1 unspecified atom stereocenters. The summed E-state index contributed by atoms with van der Waals surface area (Å²) in [6, 6.07) is 23.9. The van der Waals surface area contributed by atoms with Crippen LogP contribution in [-0.2, 0) is 12.8 Å². The van der Waals surface area contributed by atoms with E-state index in [1.165, 1.54) is 5.56 Å². The first-order valence-corrected chi connectivity index (χ1v) is 13.0. The monoisotopic (exact) mass is 505 g/mol. The standard InChI is InChI=1S/C29H29Cl2N3O/c30-23-11-7-21(8-12-23)15-18-33-17-3-4-25(16-19-33)34-29(35)27-6-2-1-5-26(27)28(32-34)20-22-9-13-24(31)14-10-22/h1-2,5-14,25H,3-4,15-20H2. The third kappa shape index (κ3) is 5.78. The van der Waals surface area contributed by atoms with Gasteiger partial charge >= 0.3 is 0 Å². The van der Waals surface area contributed by atoms with Crippen LogP contribution < -0.4 is 5.56 Å². The van der Waals surface area contributed by atoms with E-state index in [0.717, 1.165) is 77.4 Å². The number of fused-ring (bicyclic) bond motifs is 1. The topological polar surface area (TPSA) is 38.1 Å². The summed E-state index contributed by atoms with van der Waals surface area (Å²) in [6.45, 7) is 3.02. The molecule has 0 radical (unpaired) electrons. The lowest BCUT2D eigenvalue weighted by Gasteiger charge is -2.21. The van der Waals surface area contributed by atoms with Gasteiger partial charge in [0.15, 0.2) is 0 Å². The molecule has 0 saturated carbocycles. The molecule has 0 aliphatic carbocycles. The lowest BCUT2D eigenvalue weighted by atomic mass is 10.0. The smallest absolute Gasteiger partial charge is 0.274 e. The highest BCUT2D eigenvalue weighted by atomic mass is 35.5. The maximum absolute atomic E-state index is 13.5. The molecule has 0 amide bonds. The zero-order valence-corrected chi connectivity index (χ0v) is 21.2. The fourth-order valence-electron chi connectivity index (χ4n) is 4.99. The van der Waals surface area contributed by atoms with Gasteiger partial charge in [0, 0.05) is 34.9 Å². The van der Waals surface area contributed by atoms with Crippen LogP contribution in [0.3, 0.4) is 0 Å². The first kappa shape index (κ1) is 24.1. The summed E-state index contributed by atoms with van der Waals surface area (Å²) in [6.07, 6.45) is 4.60. The highest BCUT2D eigenvalue weighted by Crippen LogP contribution is 2.24. The number of benzene rings is 3. The Hall–Kier alpha value is -2.66. The van der Waals surface area contributed by atoms with E-state index in [9.17, 15) is 4.79 Å². The predicted octanol–water partition coefficient (Wildman–Crippen LogP) is 6.56. The molecule has 1 fully saturated rings. The van der Waals surface area contributed by atoms with Crippen molar-refractivity contribution in [3.63, 3.8) is 0 Å². The van der Waals surface area contributed by atoms with E-state index in [2.05, 4.69) is 17.0 Å². The van der Waals surface area contributed by atoms with Crippen LogP contribution in [0.5, 0.6) is 0 Å². The normalized spacial score (nSPS) is 16.9. The van der Waals surface area contributed by atoms with Crippen molar-refractivity contribution in [1.29, 1.82) is 0 Å². The quantitative estimate of drug-likeness (QED) is 0.297. The number of halogens is 2. The van der Waals surface area contributed by atoms with Crippen LogP contribution in [0.25, 0.3) is 10.8 Å². The number of nitrogens with zero attached hydrogens (tertiary/aromatic N) is 3. The van der Waals surface area contributed by atoms with Crippen molar-refractivity contribution >= 4 is 34.0 Å². The van der Waals surface area contributed by atoms with Crippen molar-refractivity contribution in [1.82, 2.24) is 14.7 Å². The van der Waals surface area contributed by atoms with Gasteiger partial charge in [-0.2, -0.15) is 5.10 Å². The Bertz CT molecular complexity index is 1350. The molecule has 0 spiro atoms. The van der Waals surface area contributed by atoms with Crippen molar-refractivity contribution in [2.75, 3.05) is 19.6 Å². The molecule has 4 nitrogen and oxygen atoms in total. The van der Waals surface area contributed by atoms with E-state index >= 15 is 0 Å². The van der Waals surface area contributed by atoms with Crippen LogP contribution in [0.1, 0.15) is 42.1 Å². The first-order valence-electron chi connectivity index (χ1n) is 12.3. The van der Waals surface area contributed by atoms with Gasteiger partial charge in [-0.25, -0.2) is 4.68 Å². The number of rotatable bonds is 6. The maximum atomic E-state index is 13.5. The Morgan fingerprint density at radius 2 is 1.46 bits per heavy atom. The summed E-state index contributed by atoms with van der Waals surface area (Å²) in [5, 5.41) is 8.12. The largest absolute Gasteiger partial charge is 0.303 e. The van der Waals surface area contributed by atoms with E-state index in [-0.39, 0.29) is 11.6 Å². The van der Waals surface area contributed by atoms with Gasteiger partial charge in [0.2, 0.25) is 0 Å². The number of likely N-dealkylation sites (tertiary alicyclic amines) is 1. The Kier molecular flexibility index (Phi) is 7.52. The Morgan fingerprint density at radius 3 is 2.17 bits per heavy atom. The van der Waals surface area contributed by atoms with Crippen LogP contribution in [0.15, 0.2) is 77.6 Å². The van der Waals surface area contributed by atoms with Crippen molar-refractivity contribution in [2.45, 2.75) is 38.1 Å². The molecule has 1 aromatic heterocycles. The summed E-state index contributed by atoms with van der Waals surface area (Å²) in [5.74, 6) is 0. The van der Waals surface area contributed by atoms with Crippen LogP contribution >= 0.6 is 23.2 Å². The average Bonchev–Trinajstić information content (AvgIpc) is 3.12. The van der Waals surface area contributed by atoms with Crippen molar-refractivity contribution in [3.8, 4) is 0 Å². The van der Waals surface area contributed by atoms with Crippen LogP contribution in [-0.4, -0.2) is 34.3 Å². The molecule has 1 aliphatic heterocycles. The zero-order chi connectivity index (χ0) is 24.2. The summed E-state index contributed by atoms with van der Waals surface area (Å²) >= 11 is 12.1. The molecule has 3 aromatic carbocycles. The summed E-state index contributed by atoms with van der Waals surface area (Å²) in [5.41, 5.74) is 3.38. The van der Waals surface area contributed by atoms with E-state index < -0.39 is 0 Å². The molecule has 5 rings (SSSR count). The molecular formula is C29H29Cl2N3O. The predicted molar refractivity (Wildman–Crippen MR) is 145 cm³/mol. The van der Waals surface area contributed by atoms with Crippen molar-refractivity contribution < 1.29 is 0 Å². The van der Waals surface area contributed by atoms with Crippen LogP contribution in [0, 0.1) is 0 Å². The van der Waals surface area contributed by atoms with Crippen LogP contribution in [0.2, 0.25) is 10.0 Å². The van der Waals surface area contributed by atoms with Crippen molar-refractivity contribution in [3.05, 3.63) is 110 Å². The molecule has 35 heavy (non-hydrogen) atoms. The maximum Gasteiger partial charge on any atom is 0.274 e. The molecule has 0 bridgehead atoms. The fourth-order valence-corrected chi connectivity index (χ4v) is 5.24. The molecule has 4 aromatic rings. The third-order valence-electron chi connectivity index (χ3n) is 6.96. The van der Waals surface area contributed by atoms with Crippen LogP contribution in [0.4, 0.5) is 0 Å². The summed E-state index contributed by atoms with van der Waals surface area (Å²) in [4.78, 5) is 16.0. The highest BCUT2D eigenvalue weighted by molar-refractivity contribution is 6.30. The van der Waals surface area contributed by atoms with Gasteiger partial charge in [0.25, 0.3) is 5.56 Å². The molecule has 1 atom stereocenters. The second-order valence-electron chi connectivity index (χ2n) is 9.35. The zero-order valence-electron chi connectivity index (χ0n) is 19.7. The third-order valence-corrected chi connectivity index (χ3v) is 7.46. The van der Waals surface area contributed by atoms with E-state index in [1.54, 1.807) is 4.68 Å². The van der Waals surface area contributed by atoms with Crippen molar-refractivity contribution in [2.24, 2.45) is 0 Å². The Morgan fingerprint density at radius 1 is 0.800 bits per heavy atom. The molecule has 1 saturated heterocycles. The minimum atomic E-state index is 0.0140. The van der Waals surface area contributed by atoms with Gasteiger partial charge in [-0.05, 0) is 73.7 Å². The van der Waals surface area contributed by atoms with Gasteiger partial charge in [-0.1, -0.05) is 65.7 Å². The lowest BCUT2D eigenvalue weighted by molar-refractivity contribution is 0.281. The SMILES string of the molecule is O=c1c2ccccc2c(Cc2ccc(Cl)cc2)nn1C1CCCN(CCc2ccc(Cl)cc2)CC1. The van der Waals surface area contributed by atoms with Gasteiger partial charge in [-0.15, -0.1) is 0 Å².